The second kappa shape index (κ2) is 2.75. The minimum absolute atomic E-state index is 0.188. The molecule has 0 bridgehead atoms. The van der Waals surface area contributed by atoms with E-state index in [9.17, 15) is 4.79 Å². The number of allylic oxidation sites excluding steroid dienone is 3. The lowest BCUT2D eigenvalue weighted by molar-refractivity contribution is -0.109. The van der Waals surface area contributed by atoms with E-state index in [1.807, 2.05) is 0 Å². The van der Waals surface area contributed by atoms with E-state index in [1.54, 1.807) is 0 Å². The first-order valence-electron chi connectivity index (χ1n) is 3.12. The second-order valence-corrected chi connectivity index (χ2v) is 2.19. The molecule has 0 saturated carbocycles. The van der Waals surface area contributed by atoms with Gasteiger partial charge in [0.2, 0.25) is 5.78 Å². The summed E-state index contributed by atoms with van der Waals surface area (Å²) >= 11 is 5.39. The molecule has 1 aliphatic rings. The van der Waals surface area contributed by atoms with Gasteiger partial charge in [-0.15, -0.1) is 0 Å². The Morgan fingerprint density at radius 3 is 2.91 bits per heavy atom. The Labute approximate surface area is 68.5 Å². The molecule has 0 amide bonds. The van der Waals surface area contributed by atoms with Crippen LogP contribution in [0.5, 0.6) is 0 Å². The average molecular weight is 175 g/mol. The number of hydrogen-bond donors (Lipinski definition) is 2. The Morgan fingerprint density at radius 2 is 2.36 bits per heavy atom. The molecule has 0 spiro atoms. The molecule has 5 heteroatoms. The SMILES string of the molecule is [2H]C1=C(O)C(Cl)=CC(=NO)C1=O. The molecule has 0 unspecified atom stereocenters. The summed E-state index contributed by atoms with van der Waals surface area (Å²) in [5, 5.41) is 19.6. The van der Waals surface area contributed by atoms with E-state index in [2.05, 4.69) is 5.16 Å². The van der Waals surface area contributed by atoms with Crippen molar-refractivity contribution in [3.63, 3.8) is 0 Å². The number of hydrogen-bond acceptors (Lipinski definition) is 4. The Kier molecular flexibility index (Phi) is 1.61. The van der Waals surface area contributed by atoms with Gasteiger partial charge in [0.15, 0.2) is 5.71 Å². The standard InChI is InChI=1S/C6H4ClNO3/c7-3-1-4(8-11)6(10)2-5(3)9/h1-2,9,11H/i2D. The third-order valence-corrected chi connectivity index (χ3v) is 1.35. The zero-order chi connectivity index (χ0) is 9.30. The third kappa shape index (κ3) is 1.40. The number of oxime groups is 1. The summed E-state index contributed by atoms with van der Waals surface area (Å²) in [6.45, 7) is 0. The molecule has 2 N–H and O–H groups in total. The van der Waals surface area contributed by atoms with Gasteiger partial charge in [0.1, 0.15) is 5.76 Å². The molecule has 4 nitrogen and oxygen atoms in total. The normalized spacial score (nSPS) is 23.7. The zero-order valence-corrected chi connectivity index (χ0v) is 5.96. The molecule has 0 saturated heterocycles. The molecule has 0 heterocycles. The summed E-state index contributed by atoms with van der Waals surface area (Å²) in [6, 6.07) is -0.671. The van der Waals surface area contributed by atoms with E-state index in [4.69, 9.17) is 23.3 Å². The Hall–Kier alpha value is -1.29. The molecule has 0 atom stereocenters. The maximum absolute atomic E-state index is 10.9. The Balaban J connectivity index is 3.24. The number of carbonyl (C=O) groups excluding carboxylic acids is 1. The smallest absolute Gasteiger partial charge is 0.211 e. The molecule has 0 aromatic heterocycles. The first-order chi connectivity index (χ1) is 5.57. The Bertz CT molecular complexity index is 332. The van der Waals surface area contributed by atoms with Gasteiger partial charge in [0, 0.05) is 6.05 Å². The van der Waals surface area contributed by atoms with Crippen molar-refractivity contribution < 1.29 is 16.5 Å². The van der Waals surface area contributed by atoms with Crippen LogP contribution in [0.25, 0.3) is 0 Å². The molecule has 0 aliphatic heterocycles. The van der Waals surface area contributed by atoms with Crippen molar-refractivity contribution in [3.05, 3.63) is 22.9 Å². The number of nitrogens with zero attached hydrogens (tertiary/aromatic N) is 1. The van der Waals surface area contributed by atoms with Gasteiger partial charge in [-0.05, 0) is 6.08 Å². The van der Waals surface area contributed by atoms with Crippen LogP contribution in [0.3, 0.4) is 0 Å². The predicted octanol–water partition coefficient (Wildman–Crippen LogP) is 0.964. The van der Waals surface area contributed by atoms with Crippen LogP contribution < -0.4 is 0 Å². The van der Waals surface area contributed by atoms with Crippen LogP contribution in [-0.4, -0.2) is 21.8 Å². The van der Waals surface area contributed by atoms with Crippen molar-refractivity contribution in [1.82, 2.24) is 0 Å². The van der Waals surface area contributed by atoms with Gasteiger partial charge in [-0.2, -0.15) is 0 Å². The number of aliphatic hydroxyl groups is 1. The highest BCUT2D eigenvalue weighted by atomic mass is 35.5. The van der Waals surface area contributed by atoms with Crippen LogP contribution in [0.15, 0.2) is 28.1 Å². The average Bonchev–Trinajstić information content (AvgIpc) is 2.08. The van der Waals surface area contributed by atoms with E-state index >= 15 is 0 Å². The summed E-state index contributed by atoms with van der Waals surface area (Å²) < 4.78 is 7.01. The fraction of sp³-hybridized carbons (Fsp3) is 0. The largest absolute Gasteiger partial charge is 0.506 e. The van der Waals surface area contributed by atoms with Crippen LogP contribution in [-0.2, 0) is 4.79 Å². The van der Waals surface area contributed by atoms with Gasteiger partial charge in [0.05, 0.1) is 6.40 Å². The lowest BCUT2D eigenvalue weighted by Gasteiger charge is -2.03. The maximum Gasteiger partial charge on any atom is 0.211 e. The molecule has 0 aromatic rings. The molecule has 1 aliphatic carbocycles. The third-order valence-electron chi connectivity index (χ3n) is 1.06. The van der Waals surface area contributed by atoms with Crippen LogP contribution in [0, 0.1) is 0 Å². The summed E-state index contributed by atoms with van der Waals surface area (Å²) in [7, 11) is 0. The van der Waals surface area contributed by atoms with Crippen LogP contribution >= 0.6 is 11.6 Å². The van der Waals surface area contributed by atoms with Crippen molar-refractivity contribution in [2.24, 2.45) is 5.16 Å². The summed E-state index contributed by atoms with van der Waals surface area (Å²) in [6.07, 6.45) is 0.983. The van der Waals surface area contributed by atoms with E-state index in [1.165, 1.54) is 0 Å². The first kappa shape index (κ1) is 6.42. The molecule has 11 heavy (non-hydrogen) atoms. The minimum Gasteiger partial charge on any atom is -0.506 e. The van der Waals surface area contributed by atoms with Gasteiger partial charge >= 0.3 is 0 Å². The maximum atomic E-state index is 10.9. The van der Waals surface area contributed by atoms with Crippen molar-refractivity contribution in [2.75, 3.05) is 0 Å². The number of ketones is 1. The van der Waals surface area contributed by atoms with Crippen molar-refractivity contribution >= 4 is 23.1 Å². The number of aliphatic hydroxyl groups excluding tert-OH is 1. The Morgan fingerprint density at radius 1 is 1.73 bits per heavy atom. The lowest BCUT2D eigenvalue weighted by Crippen LogP contribution is -2.13. The number of carbonyl (C=O) groups is 1. The highest BCUT2D eigenvalue weighted by molar-refractivity contribution is 6.51. The van der Waals surface area contributed by atoms with Crippen molar-refractivity contribution in [3.8, 4) is 0 Å². The van der Waals surface area contributed by atoms with Gasteiger partial charge < -0.3 is 10.3 Å². The van der Waals surface area contributed by atoms with Gasteiger partial charge in [-0.1, -0.05) is 16.8 Å². The zero-order valence-electron chi connectivity index (χ0n) is 6.21. The second-order valence-electron chi connectivity index (χ2n) is 1.78. The first-order valence-corrected chi connectivity index (χ1v) is 3.00. The number of rotatable bonds is 0. The van der Waals surface area contributed by atoms with E-state index in [-0.39, 0.29) is 10.7 Å². The molecule has 58 valence electrons. The molecular weight excluding hydrogens is 170 g/mol. The van der Waals surface area contributed by atoms with Crippen LogP contribution in [0.4, 0.5) is 0 Å². The monoisotopic (exact) mass is 174 g/mol. The van der Waals surface area contributed by atoms with Crippen LogP contribution in [0.1, 0.15) is 1.37 Å². The minimum atomic E-state index is -0.862. The van der Waals surface area contributed by atoms with Crippen LogP contribution in [0.2, 0.25) is 0 Å². The topological polar surface area (TPSA) is 69.9 Å². The fourth-order valence-corrected chi connectivity index (χ4v) is 0.710. The summed E-state index contributed by atoms with van der Waals surface area (Å²) in [5.41, 5.74) is -0.359. The van der Waals surface area contributed by atoms with Gasteiger partial charge in [-0.3, -0.25) is 4.79 Å². The van der Waals surface area contributed by atoms with Gasteiger partial charge in [0.25, 0.3) is 0 Å². The highest BCUT2D eigenvalue weighted by Gasteiger charge is 2.16. The molecule has 1 rings (SSSR count). The van der Waals surface area contributed by atoms with E-state index < -0.39 is 17.6 Å². The van der Waals surface area contributed by atoms with E-state index in [0.29, 0.717) is 0 Å². The van der Waals surface area contributed by atoms with Gasteiger partial charge in [-0.25, -0.2) is 0 Å². The number of halogens is 1. The molecular formula is C6H4ClNO3. The molecule has 0 aromatic carbocycles. The molecule has 0 fully saturated rings. The van der Waals surface area contributed by atoms with Crippen molar-refractivity contribution in [1.29, 1.82) is 0 Å². The highest BCUT2D eigenvalue weighted by Crippen LogP contribution is 2.16. The summed E-state index contributed by atoms with van der Waals surface area (Å²) in [5.74, 6) is -1.46. The molecule has 0 radical (unpaired) electrons. The summed E-state index contributed by atoms with van der Waals surface area (Å²) in [4.78, 5) is 10.9. The predicted molar refractivity (Wildman–Crippen MR) is 38.9 cm³/mol. The fourth-order valence-electron chi connectivity index (χ4n) is 0.560. The van der Waals surface area contributed by atoms with Crippen molar-refractivity contribution in [2.45, 2.75) is 0 Å². The quantitative estimate of drug-likeness (QED) is 0.327. The lowest BCUT2D eigenvalue weighted by atomic mass is 10.1. The van der Waals surface area contributed by atoms with E-state index in [0.717, 1.165) is 6.08 Å².